The lowest BCUT2D eigenvalue weighted by Crippen LogP contribution is -2.55. The van der Waals surface area contributed by atoms with E-state index in [0.717, 1.165) is 55.1 Å². The third-order valence-electron chi connectivity index (χ3n) is 12.2. The zero-order valence-corrected chi connectivity index (χ0v) is 29.9. The van der Waals surface area contributed by atoms with Gasteiger partial charge in [-0.05, 0) is 119 Å². The molecule has 0 amide bonds. The van der Waals surface area contributed by atoms with Crippen LogP contribution in [0.15, 0.2) is 0 Å². The van der Waals surface area contributed by atoms with Gasteiger partial charge in [0, 0.05) is 31.6 Å². The van der Waals surface area contributed by atoms with Crippen LogP contribution < -0.4 is 16.4 Å². The molecule has 246 valence electrons. The van der Waals surface area contributed by atoms with Crippen molar-refractivity contribution < 1.29 is 24.2 Å². The molecule has 5 N–H and O–H groups in total. The first kappa shape index (κ1) is 38.0. The summed E-state index contributed by atoms with van der Waals surface area (Å²) in [6.45, 7) is 15.5. The normalized spacial score (nSPS) is 41.8. The fraction of sp³-hybridized carbons (Fsp3) is 0.938. The summed E-state index contributed by atoms with van der Waals surface area (Å²) in [6, 6.07) is 0.706. The molecule has 0 aromatic heterocycles. The van der Waals surface area contributed by atoms with Crippen LogP contribution >= 0.6 is 31.0 Å². The third kappa shape index (κ3) is 8.36. The quantitative estimate of drug-likeness (QED) is 0.119. The van der Waals surface area contributed by atoms with Gasteiger partial charge in [-0.2, -0.15) is 0 Å². The van der Waals surface area contributed by atoms with Gasteiger partial charge in [-0.25, -0.2) is 0 Å². The number of rotatable bonds is 8. The minimum Gasteiger partial charge on any atom is -0.483 e. The molecule has 10 unspecified atom stereocenters. The van der Waals surface area contributed by atoms with Crippen LogP contribution in [-0.4, -0.2) is 63.2 Å². The second-order valence-corrected chi connectivity index (χ2v) is 14.0. The van der Waals surface area contributed by atoms with E-state index in [1.807, 2.05) is 21.2 Å². The molecule has 4 aliphatic carbocycles. The molecular formula is C32H60IN3O5S. The monoisotopic (exact) mass is 725 g/mol. The largest absolute Gasteiger partial charge is 0.483 e. The summed E-state index contributed by atoms with van der Waals surface area (Å²) in [5.41, 5.74) is 6.82. The van der Waals surface area contributed by atoms with Crippen molar-refractivity contribution in [2.45, 2.75) is 111 Å². The van der Waals surface area contributed by atoms with Crippen LogP contribution in [0.4, 0.5) is 0 Å². The van der Waals surface area contributed by atoms with Crippen LogP contribution in [-0.2, 0) is 19.1 Å². The lowest BCUT2D eigenvalue weighted by atomic mass is 9.44. The maximum atomic E-state index is 8.95. The summed E-state index contributed by atoms with van der Waals surface area (Å²) in [4.78, 5) is 17.3. The molecule has 0 spiro atoms. The van der Waals surface area contributed by atoms with E-state index in [9.17, 15) is 0 Å². The van der Waals surface area contributed by atoms with Gasteiger partial charge in [0.25, 0.3) is 12.9 Å². The molecule has 8 nitrogen and oxygen atoms in total. The van der Waals surface area contributed by atoms with Crippen molar-refractivity contribution in [3.05, 3.63) is 0 Å². The lowest BCUT2D eigenvalue weighted by Gasteiger charge is -2.61. The predicted molar refractivity (Wildman–Crippen MR) is 181 cm³/mol. The molecule has 5 fully saturated rings. The second-order valence-electron chi connectivity index (χ2n) is 14.0. The number of thiol groups is 1. The van der Waals surface area contributed by atoms with Crippen molar-refractivity contribution in [2.75, 3.05) is 26.7 Å². The molecule has 42 heavy (non-hydrogen) atoms. The summed E-state index contributed by atoms with van der Waals surface area (Å²) in [7, 11) is 4.81. The van der Waals surface area contributed by atoms with Crippen LogP contribution in [0.1, 0.15) is 92.4 Å². The Labute approximate surface area is 273 Å². The van der Waals surface area contributed by atoms with Crippen LogP contribution in [0, 0.1) is 52.3 Å². The molecule has 5 rings (SSSR count). The molecule has 0 aromatic rings. The van der Waals surface area contributed by atoms with Crippen LogP contribution in [0.25, 0.3) is 0 Å². The van der Waals surface area contributed by atoms with E-state index in [1.54, 1.807) is 0 Å². The van der Waals surface area contributed by atoms with E-state index in [4.69, 9.17) is 25.2 Å². The maximum absolute atomic E-state index is 8.95. The number of carbonyl (C=O) groups is 2. The number of nitrogens with one attached hydrogen (secondary N) is 2. The maximum Gasteiger partial charge on any atom is 0.292 e. The molecule has 5 aliphatic rings. The molecule has 0 radical (unpaired) electrons. The Kier molecular flexibility index (Phi) is 16.4. The molecule has 1 heterocycles. The Balaban J connectivity index is 0.000000612. The topological polar surface area (TPSA) is 123 Å². The van der Waals surface area contributed by atoms with Gasteiger partial charge in [0.2, 0.25) is 0 Å². The van der Waals surface area contributed by atoms with Crippen molar-refractivity contribution in [3.63, 3.8) is 0 Å². The van der Waals surface area contributed by atoms with Crippen molar-refractivity contribution in [1.29, 1.82) is 0 Å². The van der Waals surface area contributed by atoms with Gasteiger partial charge in [-0.3, -0.25) is 14.9 Å². The highest BCUT2D eigenvalue weighted by Gasteiger charge is 2.65. The Morgan fingerprint density at radius 1 is 1.10 bits per heavy atom. The highest BCUT2D eigenvalue weighted by molar-refractivity contribution is 14.2. The van der Waals surface area contributed by atoms with E-state index >= 15 is 0 Å². The Bertz CT molecular complexity index is 814. The third-order valence-corrected chi connectivity index (χ3v) is 12.2. The highest BCUT2D eigenvalue weighted by Crippen LogP contribution is 2.69. The fourth-order valence-corrected chi connectivity index (χ4v) is 10.0. The summed E-state index contributed by atoms with van der Waals surface area (Å²) < 4.78 is 10.6. The number of ether oxygens (including phenoxy) is 2. The number of halogens is 1. The molecule has 4 saturated carbocycles. The average molecular weight is 726 g/mol. The van der Waals surface area contributed by atoms with Crippen molar-refractivity contribution in [2.24, 2.45) is 58.0 Å². The van der Waals surface area contributed by atoms with Gasteiger partial charge in [0.1, 0.15) is 6.23 Å². The minimum atomic E-state index is -0.250. The van der Waals surface area contributed by atoms with Crippen LogP contribution in [0.3, 0.4) is 0 Å². The summed E-state index contributed by atoms with van der Waals surface area (Å²) >= 11 is 1.84. The highest BCUT2D eigenvalue weighted by atomic mass is 127. The molecule has 0 bridgehead atoms. The van der Waals surface area contributed by atoms with Crippen molar-refractivity contribution >= 4 is 44.0 Å². The SMILES string of the molecule is CC[C@H](C)CNC1OC2CC3C4CCC5CC(NCCN)CCC5(C)C4CCC3(C)C2[C@@H]1C.COC=O.O=CO.SI. The molecule has 0 aromatic carbocycles. The number of hydrogen-bond donors (Lipinski definition) is 5. The van der Waals surface area contributed by atoms with Gasteiger partial charge in [0.15, 0.2) is 0 Å². The number of methoxy groups -OCH3 is 1. The summed E-state index contributed by atoms with van der Waals surface area (Å²) in [6.07, 6.45) is 13.3. The number of nitrogens with two attached hydrogens (primary N) is 1. The van der Waals surface area contributed by atoms with Crippen LogP contribution in [0.5, 0.6) is 0 Å². The van der Waals surface area contributed by atoms with Crippen molar-refractivity contribution in [1.82, 2.24) is 10.6 Å². The van der Waals surface area contributed by atoms with Gasteiger partial charge in [-0.1, -0.05) is 41.0 Å². The zero-order valence-electron chi connectivity index (χ0n) is 26.9. The van der Waals surface area contributed by atoms with E-state index in [-0.39, 0.29) is 12.7 Å². The second kappa shape index (κ2) is 18.1. The Morgan fingerprint density at radius 3 is 2.33 bits per heavy atom. The Morgan fingerprint density at radius 2 is 1.74 bits per heavy atom. The molecule has 10 heteroatoms. The molecule has 1 aliphatic heterocycles. The summed E-state index contributed by atoms with van der Waals surface area (Å²) in [5, 5.41) is 14.4. The number of carbonyl (C=O) groups excluding carboxylic acids is 1. The lowest BCUT2D eigenvalue weighted by molar-refractivity contribution is -0.126. The van der Waals surface area contributed by atoms with E-state index < -0.39 is 0 Å². The van der Waals surface area contributed by atoms with Crippen molar-refractivity contribution in [3.8, 4) is 0 Å². The smallest absolute Gasteiger partial charge is 0.292 e. The summed E-state index contributed by atoms with van der Waals surface area (Å²) in [5.74, 6) is 5.80. The Hall–Kier alpha value is -0.140. The zero-order chi connectivity index (χ0) is 31.5. The molecular weight excluding hydrogens is 665 g/mol. The first-order valence-corrected chi connectivity index (χ1v) is 19.4. The van der Waals surface area contributed by atoms with E-state index in [0.29, 0.717) is 35.4 Å². The average Bonchev–Trinajstić information content (AvgIpc) is 3.48. The standard InChI is InChI=1S/C29H53N3O.C2H4O2.CH2O2.HIS/c1-6-18(2)17-32-27-19(3)26-25(33-27)16-24-22-8-7-20-15-21(31-14-13-30)9-11-28(20,4)23(22)10-12-29(24,26)5;1-4-2-3;2-1-3;1-2/h18-27,31-32H,6-17,30H2,1-5H3;2H,1H3;1H,(H,2,3);2H/t18-,19-,20?,21?,22?,23?,24?,25?,26?,27?,28?,29?;;;/m0.../s1. The first-order valence-electron chi connectivity index (χ1n) is 16.2. The fourth-order valence-electron chi connectivity index (χ4n) is 10.0. The molecule has 1 saturated heterocycles. The molecule has 12 atom stereocenters. The minimum absolute atomic E-state index is 0.250. The number of hydrogen-bond acceptors (Lipinski definition) is 8. The van der Waals surface area contributed by atoms with Gasteiger partial charge >= 0.3 is 0 Å². The number of fused-ring (bicyclic) bond motifs is 7. The van der Waals surface area contributed by atoms with Gasteiger partial charge in [0.05, 0.1) is 13.2 Å². The predicted octanol–water partition coefficient (Wildman–Crippen LogP) is 5.93. The van der Waals surface area contributed by atoms with E-state index in [2.05, 4.69) is 59.8 Å². The van der Waals surface area contributed by atoms with E-state index in [1.165, 1.54) is 64.9 Å². The van der Waals surface area contributed by atoms with Gasteiger partial charge in [-0.15, -0.1) is 9.80 Å². The first-order chi connectivity index (χ1) is 20.1. The van der Waals surface area contributed by atoms with Crippen LogP contribution in [0.2, 0.25) is 0 Å². The van der Waals surface area contributed by atoms with Gasteiger partial charge < -0.3 is 25.6 Å². The number of carboxylic acid groups (broad SMARTS) is 1.